The Balaban J connectivity index is 2.03. The van der Waals surface area contributed by atoms with Gasteiger partial charge in [-0.05, 0) is 31.2 Å². The molecule has 0 aromatic carbocycles. The number of halogens is 4. The van der Waals surface area contributed by atoms with Crippen molar-refractivity contribution in [1.82, 2.24) is 25.0 Å². The molecule has 3 rings (SSSR count). The molecule has 1 fully saturated rings. The van der Waals surface area contributed by atoms with Gasteiger partial charge in [0.25, 0.3) is 5.91 Å². The maximum atomic E-state index is 13.4. The van der Waals surface area contributed by atoms with Crippen LogP contribution in [0.2, 0.25) is 0 Å². The lowest BCUT2D eigenvalue weighted by Gasteiger charge is -2.26. The molecule has 2 N–H and O–H groups in total. The molecule has 0 spiro atoms. The highest BCUT2D eigenvalue weighted by atomic mass is 19.4. The first-order valence-electron chi connectivity index (χ1n) is 12.3. The molecule has 2 heterocycles. The summed E-state index contributed by atoms with van der Waals surface area (Å²) in [6.07, 6.45) is 2.05. The quantitative estimate of drug-likeness (QED) is 0.339. The third-order valence-electron chi connectivity index (χ3n) is 6.85. The van der Waals surface area contributed by atoms with Gasteiger partial charge in [-0.25, -0.2) is 4.39 Å². The molecule has 38 heavy (non-hydrogen) atoms. The number of nitrogens with zero attached hydrogens (tertiary/aromatic N) is 5. The van der Waals surface area contributed by atoms with Gasteiger partial charge in [-0.3, -0.25) is 19.5 Å². The number of amides is 1. The van der Waals surface area contributed by atoms with Crippen molar-refractivity contribution in [2.24, 2.45) is 22.7 Å². The van der Waals surface area contributed by atoms with E-state index in [4.69, 9.17) is 0 Å². The van der Waals surface area contributed by atoms with Crippen molar-refractivity contribution in [3.05, 3.63) is 55.0 Å². The smallest absolute Gasteiger partial charge is 0.392 e. The number of aromatic nitrogens is 3. The zero-order valence-electron chi connectivity index (χ0n) is 21.5. The van der Waals surface area contributed by atoms with Crippen molar-refractivity contribution in [3.8, 4) is 0 Å². The van der Waals surface area contributed by atoms with Gasteiger partial charge >= 0.3 is 6.18 Å². The molecular formula is C26H32F4N6O2. The van der Waals surface area contributed by atoms with Gasteiger partial charge in [-0.15, -0.1) is 0 Å². The summed E-state index contributed by atoms with van der Waals surface area (Å²) in [7, 11) is 0. The van der Waals surface area contributed by atoms with Crippen molar-refractivity contribution >= 4 is 28.7 Å². The normalized spacial score (nSPS) is 22.6. The van der Waals surface area contributed by atoms with E-state index in [1.54, 1.807) is 11.8 Å². The van der Waals surface area contributed by atoms with E-state index in [9.17, 15) is 27.5 Å². The molecule has 206 valence electrons. The molecule has 0 radical (unpaired) electrons. The third kappa shape index (κ3) is 6.66. The van der Waals surface area contributed by atoms with Crippen LogP contribution < -0.4 is 5.32 Å². The second kappa shape index (κ2) is 12.3. The van der Waals surface area contributed by atoms with Crippen LogP contribution in [0.5, 0.6) is 0 Å². The molecule has 0 saturated heterocycles. The highest BCUT2D eigenvalue weighted by Gasteiger charge is 2.38. The van der Waals surface area contributed by atoms with Crippen LogP contribution in [0.15, 0.2) is 48.6 Å². The number of fused-ring (bicyclic) bond motifs is 1. The number of carbonyl (C=O) groups excluding carboxylic acids is 1. The Morgan fingerprint density at radius 2 is 2.13 bits per heavy atom. The zero-order valence-corrected chi connectivity index (χ0v) is 21.5. The summed E-state index contributed by atoms with van der Waals surface area (Å²) in [5.74, 6) is -0.141. The van der Waals surface area contributed by atoms with E-state index in [-0.39, 0.29) is 46.2 Å². The average molecular weight is 537 g/mol. The van der Waals surface area contributed by atoms with Gasteiger partial charge in [0.2, 0.25) is 0 Å². The number of hydrogen-bond acceptors (Lipinski definition) is 6. The number of pyridine rings is 1. The SMILES string of the molecule is C=CC=N/C=C(\N/C=C/F)c1nn(CC(F)(F)F)c2cc(C(=O)N(CC)CC3CC(C)C(C)C3O)ncc12. The van der Waals surface area contributed by atoms with Crippen LogP contribution in [0.4, 0.5) is 17.6 Å². The fourth-order valence-corrected chi connectivity index (χ4v) is 4.72. The van der Waals surface area contributed by atoms with Crippen molar-refractivity contribution < 1.29 is 27.5 Å². The minimum absolute atomic E-state index is 0.0273. The first-order chi connectivity index (χ1) is 18.0. The van der Waals surface area contributed by atoms with Gasteiger partial charge in [0, 0.05) is 43.0 Å². The molecule has 2 aromatic heterocycles. The van der Waals surface area contributed by atoms with Gasteiger partial charge in [0.05, 0.1) is 23.5 Å². The van der Waals surface area contributed by atoms with E-state index in [1.165, 1.54) is 30.8 Å². The molecule has 4 atom stereocenters. The lowest BCUT2D eigenvalue weighted by atomic mass is 9.99. The van der Waals surface area contributed by atoms with E-state index in [2.05, 4.69) is 33.9 Å². The fraction of sp³-hybridized carbons (Fsp3) is 0.462. The van der Waals surface area contributed by atoms with Crippen LogP contribution in [0.25, 0.3) is 16.6 Å². The summed E-state index contributed by atoms with van der Waals surface area (Å²) in [6, 6.07) is 1.27. The number of nitrogens with one attached hydrogen (secondary N) is 1. The van der Waals surface area contributed by atoms with E-state index in [0.717, 1.165) is 17.3 Å². The van der Waals surface area contributed by atoms with Crippen molar-refractivity contribution in [3.63, 3.8) is 0 Å². The van der Waals surface area contributed by atoms with Crippen LogP contribution in [-0.4, -0.2) is 62.3 Å². The Hall–Kier alpha value is -3.54. The maximum absolute atomic E-state index is 13.4. The molecule has 8 nitrogen and oxygen atoms in total. The highest BCUT2D eigenvalue weighted by Crippen LogP contribution is 2.37. The van der Waals surface area contributed by atoms with Gasteiger partial charge in [-0.1, -0.05) is 26.5 Å². The number of aliphatic hydroxyl groups excluding tert-OH is 1. The predicted molar refractivity (Wildman–Crippen MR) is 138 cm³/mol. The number of carbonyl (C=O) groups is 1. The molecular weight excluding hydrogens is 504 g/mol. The van der Waals surface area contributed by atoms with Crippen LogP contribution in [0.1, 0.15) is 43.4 Å². The second-order valence-corrected chi connectivity index (χ2v) is 9.39. The molecule has 1 saturated carbocycles. The Morgan fingerprint density at radius 1 is 1.39 bits per heavy atom. The van der Waals surface area contributed by atoms with E-state index >= 15 is 0 Å². The topological polar surface area (TPSA) is 95.6 Å². The van der Waals surface area contributed by atoms with E-state index in [0.29, 0.717) is 19.0 Å². The van der Waals surface area contributed by atoms with Gasteiger partial charge in [0.15, 0.2) is 0 Å². The number of rotatable bonds is 10. The third-order valence-corrected chi connectivity index (χ3v) is 6.85. The first kappa shape index (κ1) is 29.0. The molecule has 4 unspecified atom stereocenters. The number of allylic oxidation sites excluding steroid dienone is 1. The Labute approximate surface area is 218 Å². The van der Waals surface area contributed by atoms with Gasteiger partial charge in [-0.2, -0.15) is 18.3 Å². The predicted octanol–water partition coefficient (Wildman–Crippen LogP) is 4.69. The molecule has 12 heteroatoms. The minimum atomic E-state index is -4.59. The number of alkyl halides is 3. The lowest BCUT2D eigenvalue weighted by Crippen LogP contribution is -2.38. The summed E-state index contributed by atoms with van der Waals surface area (Å²) >= 11 is 0. The number of aliphatic hydroxyl groups is 1. The summed E-state index contributed by atoms with van der Waals surface area (Å²) in [5.41, 5.74) is 0.131. The van der Waals surface area contributed by atoms with E-state index in [1.807, 2.05) is 6.92 Å². The average Bonchev–Trinajstić information content (AvgIpc) is 3.34. The molecule has 0 bridgehead atoms. The van der Waals surface area contributed by atoms with Crippen molar-refractivity contribution in [1.29, 1.82) is 0 Å². The van der Waals surface area contributed by atoms with Gasteiger partial charge in [0.1, 0.15) is 24.3 Å². The van der Waals surface area contributed by atoms with Crippen molar-refractivity contribution in [2.45, 2.75) is 46.0 Å². The molecule has 2 aromatic rings. The second-order valence-electron chi connectivity index (χ2n) is 9.39. The number of aliphatic imine (C=N–C) groups is 1. The maximum Gasteiger partial charge on any atom is 0.408 e. The molecule has 1 amide bonds. The van der Waals surface area contributed by atoms with Crippen molar-refractivity contribution in [2.75, 3.05) is 13.1 Å². The Kier molecular flexibility index (Phi) is 9.42. The Morgan fingerprint density at radius 3 is 2.71 bits per heavy atom. The van der Waals surface area contributed by atoms with Crippen LogP contribution >= 0.6 is 0 Å². The van der Waals surface area contributed by atoms with E-state index < -0.39 is 24.7 Å². The number of hydrogen-bond donors (Lipinski definition) is 2. The summed E-state index contributed by atoms with van der Waals surface area (Å²) in [4.78, 5) is 23.1. The largest absolute Gasteiger partial charge is 0.408 e. The standard InChI is InChI=1S/C26H32F4N6O2/c1-5-8-31-13-21(32-9-7-27)23-19-12-33-20(11-22(19)36(34-23)15-26(28,29)30)25(38)35(6-2)14-18-10-16(3)17(4)24(18)37/h5,7-9,11-13,16-18,24,32,37H,1,6,10,14-15H2,2-4H3/b9-7+,21-13-,31-8?. The van der Waals surface area contributed by atoms with Crippen LogP contribution in [0.3, 0.4) is 0 Å². The summed E-state index contributed by atoms with van der Waals surface area (Å²) < 4.78 is 53.6. The Bertz CT molecular complexity index is 1240. The van der Waals surface area contributed by atoms with Crippen LogP contribution in [0, 0.1) is 17.8 Å². The molecule has 0 aliphatic heterocycles. The first-order valence-corrected chi connectivity index (χ1v) is 12.3. The zero-order chi connectivity index (χ0) is 28.0. The van der Waals surface area contributed by atoms with Gasteiger partial charge < -0.3 is 15.3 Å². The molecule has 1 aliphatic rings. The fourth-order valence-electron chi connectivity index (χ4n) is 4.72. The highest BCUT2D eigenvalue weighted by molar-refractivity contribution is 5.98. The monoisotopic (exact) mass is 536 g/mol. The minimum Gasteiger partial charge on any atom is -0.392 e. The molecule has 1 aliphatic carbocycles. The lowest BCUT2D eigenvalue weighted by molar-refractivity contribution is -0.141. The van der Waals surface area contributed by atoms with Crippen LogP contribution in [-0.2, 0) is 6.54 Å². The summed E-state index contributed by atoms with van der Waals surface area (Å²) in [6.45, 7) is 8.57. The summed E-state index contributed by atoms with van der Waals surface area (Å²) in [5, 5.41) is 17.5.